The van der Waals surface area contributed by atoms with Crippen molar-refractivity contribution in [3.63, 3.8) is 0 Å². The number of hydrogen-bond donors (Lipinski definition) is 0. The molecule has 0 aliphatic carbocycles. The van der Waals surface area contributed by atoms with E-state index < -0.39 is 0 Å². The number of hydrogen-bond acceptors (Lipinski definition) is 2. The van der Waals surface area contributed by atoms with Gasteiger partial charge in [-0.3, -0.25) is 9.97 Å². The molecule has 0 atom stereocenters. The second-order valence-electron chi connectivity index (χ2n) is 12.0. The molecule has 206 valence electrons. The molecule has 0 aliphatic heterocycles. The molecule has 0 unspecified atom stereocenters. The quantitative estimate of drug-likeness (QED) is 0.224. The number of rotatable bonds is 3. The first-order valence-corrected chi connectivity index (χ1v) is 14.7. The van der Waals surface area contributed by atoms with Gasteiger partial charge in [0.1, 0.15) is 0 Å². The van der Waals surface area contributed by atoms with Crippen molar-refractivity contribution in [1.29, 1.82) is 0 Å². The molecule has 3 aromatic carbocycles. The van der Waals surface area contributed by atoms with Crippen molar-refractivity contribution >= 4 is 43.6 Å². The Labute approximate surface area is 242 Å². The van der Waals surface area contributed by atoms with E-state index in [-0.39, 0.29) is 5.41 Å². The zero-order valence-corrected chi connectivity index (χ0v) is 24.9. The predicted molar refractivity (Wildman–Crippen MR) is 175 cm³/mol. The van der Waals surface area contributed by atoms with E-state index >= 15 is 0 Å². The second kappa shape index (κ2) is 10.5. The lowest BCUT2D eigenvalue weighted by Crippen LogP contribution is -2.10. The number of pyridine rings is 2. The maximum atomic E-state index is 4.47. The summed E-state index contributed by atoms with van der Waals surface area (Å²) in [6.07, 6.45) is 10.4. The van der Waals surface area contributed by atoms with Gasteiger partial charge in [-0.15, -0.1) is 0 Å². The van der Waals surface area contributed by atoms with Crippen LogP contribution in [0.15, 0.2) is 97.6 Å². The highest BCUT2D eigenvalue weighted by Gasteiger charge is 2.19. The normalized spacial score (nSPS) is 11.9. The molecule has 41 heavy (non-hydrogen) atoms. The minimum absolute atomic E-state index is 0.0779. The van der Waals surface area contributed by atoms with E-state index in [4.69, 9.17) is 0 Å². The van der Waals surface area contributed by atoms with Crippen molar-refractivity contribution in [2.24, 2.45) is 0 Å². The molecular weight excluding hydrogens is 500 g/mol. The van der Waals surface area contributed by atoms with E-state index in [0.29, 0.717) is 0 Å². The Kier molecular flexibility index (Phi) is 6.86. The summed E-state index contributed by atoms with van der Waals surface area (Å²) in [6.45, 7) is 13.3. The highest BCUT2D eigenvalue weighted by Crippen LogP contribution is 2.36. The van der Waals surface area contributed by atoms with E-state index in [1.807, 2.05) is 24.8 Å². The molecule has 0 bridgehead atoms. The van der Waals surface area contributed by atoms with Crippen molar-refractivity contribution in [1.82, 2.24) is 19.1 Å². The third kappa shape index (κ3) is 4.67. The Bertz CT molecular complexity index is 2010. The molecule has 4 heteroatoms. The third-order valence-corrected chi connectivity index (χ3v) is 8.00. The van der Waals surface area contributed by atoms with Crippen molar-refractivity contribution < 1.29 is 0 Å². The number of unbranched alkanes of at least 4 members (excludes halogenated alkanes) is 1. The molecule has 0 saturated heterocycles. The van der Waals surface area contributed by atoms with Gasteiger partial charge in [-0.25, -0.2) is 0 Å². The van der Waals surface area contributed by atoms with Crippen LogP contribution in [0.25, 0.3) is 55.0 Å². The fourth-order valence-electron chi connectivity index (χ4n) is 5.64. The zero-order chi connectivity index (χ0) is 28.7. The van der Waals surface area contributed by atoms with Gasteiger partial charge in [0, 0.05) is 57.7 Å². The van der Waals surface area contributed by atoms with Crippen LogP contribution >= 0.6 is 0 Å². The SMILES string of the molecule is CCCC.Cc1ccc2c(c1)c1cnccc1n2-c1cccc(-n2c3ccncc3c3cc(C(C)(C)C)ccc32)c1. The Morgan fingerprint density at radius 1 is 0.585 bits per heavy atom. The summed E-state index contributed by atoms with van der Waals surface area (Å²) in [5.41, 5.74) is 9.61. The Hall–Kier alpha value is -4.44. The van der Waals surface area contributed by atoms with E-state index in [9.17, 15) is 0 Å². The summed E-state index contributed by atoms with van der Waals surface area (Å²) in [7, 11) is 0. The summed E-state index contributed by atoms with van der Waals surface area (Å²) < 4.78 is 4.71. The highest BCUT2D eigenvalue weighted by atomic mass is 15.0. The molecule has 4 aromatic heterocycles. The molecule has 7 aromatic rings. The van der Waals surface area contributed by atoms with Gasteiger partial charge >= 0.3 is 0 Å². The molecule has 0 fully saturated rings. The van der Waals surface area contributed by atoms with Gasteiger partial charge in [0.05, 0.1) is 22.1 Å². The topological polar surface area (TPSA) is 35.6 Å². The monoisotopic (exact) mass is 538 g/mol. The minimum Gasteiger partial charge on any atom is -0.309 e. The highest BCUT2D eigenvalue weighted by molar-refractivity contribution is 6.10. The van der Waals surface area contributed by atoms with Gasteiger partial charge in [0.2, 0.25) is 0 Å². The van der Waals surface area contributed by atoms with Crippen LogP contribution in [0, 0.1) is 6.92 Å². The summed E-state index contributed by atoms with van der Waals surface area (Å²) in [4.78, 5) is 8.90. The molecule has 0 radical (unpaired) electrons. The van der Waals surface area contributed by atoms with Gasteiger partial charge in [-0.2, -0.15) is 0 Å². The fraction of sp³-hybridized carbons (Fsp3) is 0.243. The van der Waals surface area contributed by atoms with Gasteiger partial charge in [0.25, 0.3) is 0 Å². The largest absolute Gasteiger partial charge is 0.309 e. The Morgan fingerprint density at radius 3 is 1.63 bits per heavy atom. The molecule has 7 rings (SSSR count). The van der Waals surface area contributed by atoms with Crippen LogP contribution in [0.1, 0.15) is 58.6 Å². The van der Waals surface area contributed by atoms with Gasteiger partial charge in [-0.05, 0) is 72.5 Å². The molecular formula is C37H38N4. The molecule has 0 amide bonds. The molecule has 0 spiro atoms. The van der Waals surface area contributed by atoms with Crippen LogP contribution < -0.4 is 0 Å². The summed E-state index contributed by atoms with van der Waals surface area (Å²) in [5.74, 6) is 0. The van der Waals surface area contributed by atoms with Gasteiger partial charge < -0.3 is 9.13 Å². The average Bonchev–Trinajstić information content (AvgIpc) is 3.49. The lowest BCUT2D eigenvalue weighted by atomic mass is 9.86. The third-order valence-electron chi connectivity index (χ3n) is 8.00. The number of aromatic nitrogens is 4. The number of benzene rings is 3. The smallest absolute Gasteiger partial charge is 0.0571 e. The van der Waals surface area contributed by atoms with Crippen LogP contribution in [0.2, 0.25) is 0 Å². The first-order chi connectivity index (χ1) is 19.8. The van der Waals surface area contributed by atoms with Gasteiger partial charge in [-0.1, -0.05) is 71.2 Å². The zero-order valence-electron chi connectivity index (χ0n) is 24.9. The maximum absolute atomic E-state index is 4.47. The second-order valence-corrected chi connectivity index (χ2v) is 12.0. The lowest BCUT2D eigenvalue weighted by Gasteiger charge is -2.19. The molecule has 0 saturated carbocycles. The molecule has 4 heterocycles. The summed E-state index contributed by atoms with van der Waals surface area (Å²) in [5, 5.41) is 4.81. The van der Waals surface area contributed by atoms with Crippen LogP contribution in [0.3, 0.4) is 0 Å². The molecule has 0 aliphatic rings. The number of aryl methyl sites for hydroxylation is 1. The molecule has 4 nitrogen and oxygen atoms in total. The first kappa shape index (κ1) is 26.8. The van der Waals surface area contributed by atoms with Crippen molar-refractivity contribution in [3.8, 4) is 11.4 Å². The van der Waals surface area contributed by atoms with Crippen molar-refractivity contribution in [2.75, 3.05) is 0 Å². The van der Waals surface area contributed by atoms with Crippen LogP contribution in [0.5, 0.6) is 0 Å². The Balaban J connectivity index is 0.000000712. The standard InChI is InChI=1S/C33H28N4.C4H10/c1-21-8-10-29-25(16-21)27-19-34-14-12-31(27)36(29)23-6-5-7-24(18-23)37-30-11-9-22(33(2,3)4)17-26(30)28-20-35-15-13-32(28)37;1-3-4-2/h5-20H,1-4H3;3-4H2,1-2H3. The fourth-order valence-corrected chi connectivity index (χ4v) is 5.64. The average molecular weight is 539 g/mol. The van der Waals surface area contributed by atoms with E-state index in [1.54, 1.807) is 0 Å². The first-order valence-electron chi connectivity index (χ1n) is 14.7. The van der Waals surface area contributed by atoms with Gasteiger partial charge in [0.15, 0.2) is 0 Å². The van der Waals surface area contributed by atoms with E-state index in [2.05, 4.69) is 133 Å². The van der Waals surface area contributed by atoms with Crippen molar-refractivity contribution in [2.45, 2.75) is 59.8 Å². The Morgan fingerprint density at radius 2 is 1.10 bits per heavy atom. The number of nitrogens with zero attached hydrogens (tertiary/aromatic N) is 4. The summed E-state index contributed by atoms with van der Waals surface area (Å²) >= 11 is 0. The van der Waals surface area contributed by atoms with E-state index in [1.165, 1.54) is 56.5 Å². The van der Waals surface area contributed by atoms with Crippen molar-refractivity contribution in [3.05, 3.63) is 109 Å². The lowest BCUT2D eigenvalue weighted by molar-refractivity contribution is 0.591. The van der Waals surface area contributed by atoms with Crippen LogP contribution in [-0.2, 0) is 5.41 Å². The summed E-state index contributed by atoms with van der Waals surface area (Å²) in [6, 6.07) is 26.6. The molecule has 0 N–H and O–H groups in total. The van der Waals surface area contributed by atoms with Crippen LogP contribution in [-0.4, -0.2) is 19.1 Å². The number of fused-ring (bicyclic) bond motifs is 6. The van der Waals surface area contributed by atoms with Crippen LogP contribution in [0.4, 0.5) is 0 Å². The maximum Gasteiger partial charge on any atom is 0.0571 e. The minimum atomic E-state index is 0.0779. The van der Waals surface area contributed by atoms with E-state index in [0.717, 1.165) is 22.4 Å². The predicted octanol–water partition coefficient (Wildman–Crippen LogP) is 10.1.